The molecule has 2 aromatic carbocycles. The zero-order chi connectivity index (χ0) is 24.8. The Balaban J connectivity index is 1.38. The van der Waals surface area contributed by atoms with Crippen LogP contribution in [0, 0.1) is 0 Å². The van der Waals surface area contributed by atoms with E-state index in [1.807, 2.05) is 0 Å². The average Bonchev–Trinajstić information content (AvgIpc) is 3.39. The SMILES string of the molecule is COc1ccc(NC(=O)c2nnc([C@H]3CCCN(C(=O)Nc4cc(OC)cc(OC)c4)C3)s2)cc1. The van der Waals surface area contributed by atoms with Crippen LogP contribution in [0.25, 0.3) is 0 Å². The second kappa shape index (κ2) is 11.0. The Morgan fingerprint density at radius 3 is 2.26 bits per heavy atom. The molecule has 0 bridgehead atoms. The minimum absolute atomic E-state index is 0.00869. The Morgan fingerprint density at radius 1 is 0.914 bits per heavy atom. The molecule has 0 spiro atoms. The normalized spacial score (nSPS) is 15.3. The summed E-state index contributed by atoms with van der Waals surface area (Å²) in [5.41, 5.74) is 1.23. The molecule has 1 aromatic heterocycles. The van der Waals surface area contributed by atoms with E-state index in [4.69, 9.17) is 14.2 Å². The molecule has 1 atom stereocenters. The van der Waals surface area contributed by atoms with Crippen LogP contribution in [0.15, 0.2) is 42.5 Å². The highest BCUT2D eigenvalue weighted by molar-refractivity contribution is 7.13. The van der Waals surface area contributed by atoms with Crippen LogP contribution >= 0.6 is 11.3 Å². The molecule has 4 rings (SSSR count). The maximum atomic E-state index is 12.9. The number of nitrogens with zero attached hydrogens (tertiary/aromatic N) is 3. The van der Waals surface area contributed by atoms with Gasteiger partial charge in [0.2, 0.25) is 5.01 Å². The molecule has 1 fully saturated rings. The molecule has 1 aliphatic heterocycles. The number of carbonyl (C=O) groups is 2. The number of urea groups is 1. The van der Waals surface area contributed by atoms with Gasteiger partial charge in [0, 0.05) is 48.6 Å². The molecule has 3 amide bonds. The highest BCUT2D eigenvalue weighted by Crippen LogP contribution is 2.31. The number of amides is 3. The van der Waals surface area contributed by atoms with Gasteiger partial charge in [-0.1, -0.05) is 11.3 Å². The smallest absolute Gasteiger partial charge is 0.321 e. The summed E-state index contributed by atoms with van der Waals surface area (Å²) in [6.07, 6.45) is 1.69. The van der Waals surface area contributed by atoms with Gasteiger partial charge in [0.25, 0.3) is 5.91 Å². The van der Waals surface area contributed by atoms with Crippen molar-refractivity contribution >= 4 is 34.6 Å². The van der Waals surface area contributed by atoms with Gasteiger partial charge in [-0.3, -0.25) is 4.79 Å². The highest BCUT2D eigenvalue weighted by Gasteiger charge is 2.28. The molecule has 1 aliphatic rings. The van der Waals surface area contributed by atoms with Gasteiger partial charge >= 0.3 is 6.03 Å². The minimum Gasteiger partial charge on any atom is -0.497 e. The predicted octanol–water partition coefficient (Wildman–Crippen LogP) is 4.23. The summed E-state index contributed by atoms with van der Waals surface area (Å²) in [6.45, 7) is 1.12. The van der Waals surface area contributed by atoms with Crippen LogP contribution in [-0.4, -0.2) is 61.5 Å². The number of piperidine rings is 1. The first-order valence-electron chi connectivity index (χ1n) is 11.1. The standard InChI is InChI=1S/C24H27N5O5S/c1-32-18-8-6-16(7-9-18)25-21(30)23-28-27-22(35-23)15-5-4-10-29(14-15)24(31)26-17-11-19(33-2)13-20(12-17)34-3/h6-9,11-13,15H,4-5,10,14H2,1-3H3,(H,25,30)(H,26,31)/t15-/m0/s1. The van der Waals surface area contributed by atoms with Crippen molar-refractivity contribution in [3.05, 3.63) is 52.5 Å². The molecule has 3 aromatic rings. The monoisotopic (exact) mass is 497 g/mol. The Hall–Kier alpha value is -3.86. The van der Waals surface area contributed by atoms with E-state index in [1.54, 1.807) is 68.7 Å². The molecule has 0 radical (unpaired) electrons. The molecule has 10 nitrogen and oxygen atoms in total. The van der Waals surface area contributed by atoms with E-state index in [-0.39, 0.29) is 22.9 Å². The van der Waals surface area contributed by atoms with Crippen molar-refractivity contribution < 1.29 is 23.8 Å². The van der Waals surface area contributed by atoms with E-state index in [0.29, 0.717) is 41.7 Å². The largest absolute Gasteiger partial charge is 0.497 e. The maximum Gasteiger partial charge on any atom is 0.321 e. The van der Waals surface area contributed by atoms with E-state index >= 15 is 0 Å². The van der Waals surface area contributed by atoms with Gasteiger partial charge in [-0.15, -0.1) is 10.2 Å². The summed E-state index contributed by atoms with van der Waals surface area (Å²) in [5.74, 6) is 1.57. The van der Waals surface area contributed by atoms with Crippen molar-refractivity contribution in [2.75, 3.05) is 45.1 Å². The fourth-order valence-corrected chi connectivity index (χ4v) is 4.66. The Morgan fingerprint density at radius 2 is 1.60 bits per heavy atom. The number of rotatable bonds is 7. The third-order valence-electron chi connectivity index (χ3n) is 5.64. The Kier molecular flexibility index (Phi) is 7.66. The van der Waals surface area contributed by atoms with E-state index in [0.717, 1.165) is 17.8 Å². The molecule has 1 saturated heterocycles. The van der Waals surface area contributed by atoms with Gasteiger partial charge < -0.3 is 29.7 Å². The summed E-state index contributed by atoms with van der Waals surface area (Å²) >= 11 is 1.25. The zero-order valence-electron chi connectivity index (χ0n) is 19.7. The number of carbonyl (C=O) groups excluding carboxylic acids is 2. The number of ether oxygens (including phenoxy) is 3. The fraction of sp³-hybridized carbons (Fsp3) is 0.333. The summed E-state index contributed by atoms with van der Waals surface area (Å²) in [5, 5.41) is 15.1. The third-order valence-corrected chi connectivity index (χ3v) is 6.73. The van der Waals surface area contributed by atoms with Crippen molar-refractivity contribution in [3.63, 3.8) is 0 Å². The Bertz CT molecular complexity index is 1160. The van der Waals surface area contributed by atoms with Crippen LogP contribution in [0.2, 0.25) is 0 Å². The predicted molar refractivity (Wildman–Crippen MR) is 133 cm³/mol. The molecule has 11 heteroatoms. The lowest BCUT2D eigenvalue weighted by Gasteiger charge is -2.31. The second-order valence-corrected chi connectivity index (χ2v) is 8.95. The number of anilines is 2. The zero-order valence-corrected chi connectivity index (χ0v) is 20.6. The number of methoxy groups -OCH3 is 3. The van der Waals surface area contributed by atoms with Crippen LogP contribution in [0.5, 0.6) is 17.2 Å². The lowest BCUT2D eigenvalue weighted by atomic mass is 9.99. The molecule has 0 unspecified atom stereocenters. The number of nitrogens with one attached hydrogen (secondary N) is 2. The fourth-order valence-electron chi connectivity index (χ4n) is 3.80. The molecular formula is C24H27N5O5S. The van der Waals surface area contributed by atoms with Crippen LogP contribution in [0.4, 0.5) is 16.2 Å². The van der Waals surface area contributed by atoms with Crippen LogP contribution in [0.1, 0.15) is 33.6 Å². The summed E-state index contributed by atoms with van der Waals surface area (Å²) in [4.78, 5) is 27.3. The number of aromatic nitrogens is 2. The van der Waals surface area contributed by atoms with Crippen LogP contribution in [0.3, 0.4) is 0 Å². The van der Waals surface area contributed by atoms with Gasteiger partial charge in [0.05, 0.1) is 21.3 Å². The molecular weight excluding hydrogens is 470 g/mol. The van der Waals surface area contributed by atoms with Crippen molar-refractivity contribution in [1.29, 1.82) is 0 Å². The van der Waals surface area contributed by atoms with Gasteiger partial charge in [-0.2, -0.15) is 0 Å². The Labute approximate surface area is 207 Å². The molecule has 184 valence electrons. The van der Waals surface area contributed by atoms with E-state index in [2.05, 4.69) is 20.8 Å². The van der Waals surface area contributed by atoms with Gasteiger partial charge in [-0.25, -0.2) is 4.79 Å². The van der Waals surface area contributed by atoms with Gasteiger partial charge in [0.15, 0.2) is 0 Å². The lowest BCUT2D eigenvalue weighted by Crippen LogP contribution is -2.41. The summed E-state index contributed by atoms with van der Waals surface area (Å²) < 4.78 is 15.7. The third kappa shape index (κ3) is 5.99. The molecule has 35 heavy (non-hydrogen) atoms. The second-order valence-electron chi connectivity index (χ2n) is 7.94. The number of hydrogen-bond donors (Lipinski definition) is 2. The first-order valence-corrected chi connectivity index (χ1v) is 11.9. The van der Waals surface area contributed by atoms with E-state index in [1.165, 1.54) is 11.3 Å². The van der Waals surface area contributed by atoms with Gasteiger partial charge in [-0.05, 0) is 37.1 Å². The van der Waals surface area contributed by atoms with Crippen molar-refractivity contribution in [2.45, 2.75) is 18.8 Å². The van der Waals surface area contributed by atoms with Crippen molar-refractivity contribution in [1.82, 2.24) is 15.1 Å². The van der Waals surface area contributed by atoms with Gasteiger partial charge in [0.1, 0.15) is 22.3 Å². The minimum atomic E-state index is -0.323. The highest BCUT2D eigenvalue weighted by atomic mass is 32.1. The first-order chi connectivity index (χ1) is 17.0. The van der Waals surface area contributed by atoms with Crippen LogP contribution < -0.4 is 24.8 Å². The molecule has 0 aliphatic carbocycles. The van der Waals surface area contributed by atoms with E-state index in [9.17, 15) is 9.59 Å². The number of likely N-dealkylation sites (tertiary alicyclic amines) is 1. The topological polar surface area (TPSA) is 115 Å². The number of hydrogen-bond acceptors (Lipinski definition) is 8. The van der Waals surface area contributed by atoms with Crippen molar-refractivity contribution in [3.8, 4) is 17.2 Å². The first kappa shape index (κ1) is 24.3. The molecule has 2 N–H and O–H groups in total. The lowest BCUT2D eigenvalue weighted by molar-refractivity contribution is 0.102. The summed E-state index contributed by atoms with van der Waals surface area (Å²) in [7, 11) is 4.70. The molecule has 0 saturated carbocycles. The quantitative estimate of drug-likeness (QED) is 0.502. The number of benzene rings is 2. The van der Waals surface area contributed by atoms with E-state index < -0.39 is 0 Å². The molecule has 2 heterocycles. The van der Waals surface area contributed by atoms with Crippen LogP contribution in [-0.2, 0) is 0 Å². The average molecular weight is 498 g/mol. The summed E-state index contributed by atoms with van der Waals surface area (Å²) in [6, 6.07) is 12.1. The van der Waals surface area contributed by atoms with Crippen molar-refractivity contribution in [2.24, 2.45) is 0 Å². The maximum absolute atomic E-state index is 12.9.